The van der Waals surface area contributed by atoms with Crippen LogP contribution in [0.4, 0.5) is 0 Å². The van der Waals surface area contributed by atoms with Crippen LogP contribution in [0, 0.1) is 6.92 Å². The number of ether oxygens (including phenoxy) is 1. The van der Waals surface area contributed by atoms with Crippen molar-refractivity contribution < 1.29 is 9.84 Å². The zero-order valence-electron chi connectivity index (χ0n) is 9.41. The van der Waals surface area contributed by atoms with Crippen molar-refractivity contribution in [2.45, 2.75) is 13.2 Å². The van der Waals surface area contributed by atoms with Crippen molar-refractivity contribution in [2.24, 2.45) is 0 Å². The molecule has 0 heterocycles. The van der Waals surface area contributed by atoms with Crippen LogP contribution in [0.3, 0.4) is 0 Å². The average Bonchev–Trinajstić information content (AvgIpc) is 2.19. The van der Waals surface area contributed by atoms with Gasteiger partial charge in [-0.3, -0.25) is 4.90 Å². The summed E-state index contributed by atoms with van der Waals surface area (Å²) in [6, 6.07) is 3.56. The second-order valence-corrected chi connectivity index (χ2v) is 4.09. The van der Waals surface area contributed by atoms with Gasteiger partial charge in [0.2, 0.25) is 0 Å². The lowest BCUT2D eigenvalue weighted by atomic mass is 10.1. The van der Waals surface area contributed by atoms with Crippen LogP contribution in [-0.4, -0.2) is 31.2 Å². The number of hydrogen-bond acceptors (Lipinski definition) is 3. The van der Waals surface area contributed by atoms with Gasteiger partial charge in [0.25, 0.3) is 0 Å². The smallest absolute Gasteiger partial charge is 0.137 e. The first kappa shape index (κ1) is 12.3. The van der Waals surface area contributed by atoms with Crippen molar-refractivity contribution in [3.05, 3.63) is 28.3 Å². The molecule has 0 fully saturated rings. The summed E-state index contributed by atoms with van der Waals surface area (Å²) in [5, 5.41) is 10.4. The van der Waals surface area contributed by atoms with Crippen LogP contribution >= 0.6 is 11.6 Å². The number of rotatable bonds is 3. The van der Waals surface area contributed by atoms with E-state index in [9.17, 15) is 5.11 Å². The van der Waals surface area contributed by atoms with E-state index in [-0.39, 0.29) is 0 Å². The zero-order chi connectivity index (χ0) is 11.6. The first-order valence-electron chi connectivity index (χ1n) is 4.66. The maximum absolute atomic E-state index is 9.89. The lowest BCUT2D eigenvalue weighted by Gasteiger charge is -2.21. The van der Waals surface area contributed by atoms with Gasteiger partial charge in [-0.2, -0.15) is 0 Å². The lowest BCUT2D eigenvalue weighted by molar-refractivity contribution is 0.0390. The van der Waals surface area contributed by atoms with Crippen LogP contribution in [0.5, 0.6) is 5.75 Å². The Hall–Kier alpha value is -0.770. The Morgan fingerprint density at radius 2 is 2.00 bits per heavy atom. The minimum Gasteiger partial charge on any atom is -0.495 e. The highest BCUT2D eigenvalue weighted by molar-refractivity contribution is 6.32. The third-order valence-corrected chi connectivity index (χ3v) is 2.60. The number of nitrogens with zero attached hydrogens (tertiary/aromatic N) is 1. The average molecular weight is 230 g/mol. The van der Waals surface area contributed by atoms with Crippen LogP contribution < -0.4 is 4.74 Å². The Balaban J connectivity index is 3.15. The van der Waals surface area contributed by atoms with Crippen LogP contribution in [0.15, 0.2) is 12.1 Å². The van der Waals surface area contributed by atoms with Crippen LogP contribution in [0.2, 0.25) is 5.02 Å². The Bertz CT molecular complexity index is 353. The summed E-state index contributed by atoms with van der Waals surface area (Å²) in [6.07, 6.45) is -0.645. The Kier molecular flexibility index (Phi) is 3.97. The molecule has 0 aliphatic rings. The first-order valence-corrected chi connectivity index (χ1v) is 5.03. The van der Waals surface area contributed by atoms with Gasteiger partial charge in [-0.25, -0.2) is 0 Å². The van der Waals surface area contributed by atoms with E-state index in [1.165, 1.54) is 0 Å². The topological polar surface area (TPSA) is 32.7 Å². The molecule has 0 saturated carbocycles. The summed E-state index contributed by atoms with van der Waals surface area (Å²) in [4.78, 5) is 1.71. The molecular weight excluding hydrogens is 214 g/mol. The minimum absolute atomic E-state index is 0.513. The van der Waals surface area contributed by atoms with Gasteiger partial charge in [0.05, 0.1) is 12.1 Å². The van der Waals surface area contributed by atoms with E-state index in [4.69, 9.17) is 16.3 Å². The van der Waals surface area contributed by atoms with E-state index in [1.807, 2.05) is 27.1 Å². The summed E-state index contributed by atoms with van der Waals surface area (Å²) in [6.45, 7) is 1.92. The Morgan fingerprint density at radius 1 is 1.40 bits per heavy atom. The molecule has 1 aromatic carbocycles. The normalized spacial score (nSPS) is 13.0. The van der Waals surface area contributed by atoms with Crippen LogP contribution in [0.1, 0.15) is 17.4 Å². The summed E-state index contributed by atoms with van der Waals surface area (Å²) in [5.74, 6) is 0.629. The highest BCUT2D eigenvalue weighted by Crippen LogP contribution is 2.31. The largest absolute Gasteiger partial charge is 0.495 e. The molecular formula is C11H16ClNO2. The maximum atomic E-state index is 9.89. The lowest BCUT2D eigenvalue weighted by Crippen LogP contribution is -2.20. The Morgan fingerprint density at radius 3 is 2.47 bits per heavy atom. The van der Waals surface area contributed by atoms with Crippen molar-refractivity contribution in [3.63, 3.8) is 0 Å². The predicted octanol–water partition coefficient (Wildman–Crippen LogP) is 2.21. The molecule has 3 nitrogen and oxygen atoms in total. The monoisotopic (exact) mass is 229 g/mol. The summed E-state index contributed by atoms with van der Waals surface area (Å²) < 4.78 is 5.09. The molecule has 0 aliphatic carbocycles. The van der Waals surface area contributed by atoms with E-state index in [1.54, 1.807) is 18.1 Å². The molecule has 1 unspecified atom stereocenters. The third kappa shape index (κ3) is 2.62. The van der Waals surface area contributed by atoms with Crippen molar-refractivity contribution >= 4 is 11.6 Å². The first-order chi connectivity index (χ1) is 6.97. The van der Waals surface area contributed by atoms with Crippen molar-refractivity contribution in [1.29, 1.82) is 0 Å². The second kappa shape index (κ2) is 4.84. The van der Waals surface area contributed by atoms with Gasteiger partial charge >= 0.3 is 0 Å². The number of aryl methyl sites for hydroxylation is 1. The third-order valence-electron chi connectivity index (χ3n) is 2.31. The van der Waals surface area contributed by atoms with E-state index in [2.05, 4.69) is 0 Å². The van der Waals surface area contributed by atoms with Crippen molar-refractivity contribution in [1.82, 2.24) is 4.90 Å². The molecule has 1 atom stereocenters. The standard InChI is InChI=1S/C11H16ClNO2/c1-7-5-10(15-4)9(12)6-8(7)11(14)13(2)3/h5-6,11,14H,1-4H3. The second-order valence-electron chi connectivity index (χ2n) is 3.68. The quantitative estimate of drug-likeness (QED) is 0.807. The molecule has 15 heavy (non-hydrogen) atoms. The van der Waals surface area contributed by atoms with E-state index >= 15 is 0 Å². The number of methoxy groups -OCH3 is 1. The van der Waals surface area contributed by atoms with Gasteiger partial charge in [-0.05, 0) is 44.3 Å². The number of aliphatic hydroxyl groups excluding tert-OH is 1. The maximum Gasteiger partial charge on any atom is 0.137 e. The van der Waals surface area contributed by atoms with Gasteiger partial charge in [0, 0.05) is 0 Å². The number of halogens is 1. The highest BCUT2D eigenvalue weighted by atomic mass is 35.5. The minimum atomic E-state index is -0.645. The fourth-order valence-corrected chi connectivity index (χ4v) is 1.63. The van der Waals surface area contributed by atoms with Gasteiger partial charge in [-0.15, -0.1) is 0 Å². The van der Waals surface area contributed by atoms with Gasteiger partial charge in [0.1, 0.15) is 12.0 Å². The molecule has 1 N–H and O–H groups in total. The van der Waals surface area contributed by atoms with E-state index < -0.39 is 6.23 Å². The fraction of sp³-hybridized carbons (Fsp3) is 0.455. The van der Waals surface area contributed by atoms with E-state index in [0.29, 0.717) is 10.8 Å². The molecule has 0 aliphatic heterocycles. The Labute approximate surface area is 95.2 Å². The fourth-order valence-electron chi connectivity index (χ4n) is 1.38. The SMILES string of the molecule is COc1cc(C)c(C(O)N(C)C)cc1Cl. The number of aliphatic hydroxyl groups is 1. The predicted molar refractivity (Wildman–Crippen MR) is 61.4 cm³/mol. The van der Waals surface area contributed by atoms with E-state index in [0.717, 1.165) is 11.1 Å². The molecule has 0 aromatic heterocycles. The molecule has 0 spiro atoms. The molecule has 1 rings (SSSR count). The highest BCUT2D eigenvalue weighted by Gasteiger charge is 2.15. The molecule has 0 amide bonds. The van der Waals surface area contributed by atoms with Gasteiger partial charge in [-0.1, -0.05) is 11.6 Å². The summed E-state index contributed by atoms with van der Waals surface area (Å²) in [5.41, 5.74) is 1.75. The number of hydrogen-bond donors (Lipinski definition) is 1. The molecule has 0 bridgehead atoms. The molecule has 4 heteroatoms. The van der Waals surface area contributed by atoms with Crippen molar-refractivity contribution in [2.75, 3.05) is 21.2 Å². The summed E-state index contributed by atoms with van der Waals surface area (Å²) >= 11 is 6.00. The summed E-state index contributed by atoms with van der Waals surface area (Å²) in [7, 11) is 5.19. The van der Waals surface area contributed by atoms with Gasteiger partial charge < -0.3 is 9.84 Å². The van der Waals surface area contributed by atoms with Gasteiger partial charge in [0.15, 0.2) is 0 Å². The van der Waals surface area contributed by atoms with Crippen LogP contribution in [-0.2, 0) is 0 Å². The van der Waals surface area contributed by atoms with Crippen LogP contribution in [0.25, 0.3) is 0 Å². The van der Waals surface area contributed by atoms with Crippen molar-refractivity contribution in [3.8, 4) is 5.75 Å². The molecule has 0 radical (unpaired) electrons. The molecule has 1 aromatic rings. The zero-order valence-corrected chi connectivity index (χ0v) is 10.2. The number of benzene rings is 1. The molecule has 0 saturated heterocycles. The molecule has 84 valence electrons.